The summed E-state index contributed by atoms with van der Waals surface area (Å²) >= 11 is 0. The Morgan fingerprint density at radius 2 is 2.46 bits per heavy atom. The van der Waals surface area contributed by atoms with Crippen LogP contribution < -0.4 is 5.73 Å². The summed E-state index contributed by atoms with van der Waals surface area (Å²) in [5.74, 6) is -0.176. The molecule has 0 bridgehead atoms. The molecule has 1 atom stereocenters. The van der Waals surface area contributed by atoms with Crippen molar-refractivity contribution in [2.45, 2.75) is 18.9 Å². The highest BCUT2D eigenvalue weighted by Crippen LogP contribution is 2.08. The number of amides is 1. The molecule has 0 saturated carbocycles. The molecule has 0 aromatic heterocycles. The van der Waals surface area contributed by atoms with Gasteiger partial charge in [0.05, 0.1) is 6.61 Å². The lowest BCUT2D eigenvalue weighted by Crippen LogP contribution is -2.45. The third-order valence-corrected chi connectivity index (χ3v) is 2.02. The van der Waals surface area contributed by atoms with Gasteiger partial charge in [-0.25, -0.2) is 5.06 Å². The third kappa shape index (κ3) is 2.65. The van der Waals surface area contributed by atoms with Crippen LogP contribution in [0.5, 0.6) is 0 Å². The largest absolute Gasteiger partial charge is 0.370 e. The van der Waals surface area contributed by atoms with Crippen molar-refractivity contribution in [3.8, 4) is 0 Å². The van der Waals surface area contributed by atoms with Gasteiger partial charge in [-0.3, -0.25) is 9.63 Å². The maximum Gasteiger partial charge on any atom is 0.276 e. The first-order valence-electron chi connectivity index (χ1n) is 4.46. The normalized spacial score (nSPS) is 20.0. The molecule has 1 saturated heterocycles. The van der Waals surface area contributed by atoms with Gasteiger partial charge in [0.25, 0.3) is 5.91 Å². The summed E-state index contributed by atoms with van der Waals surface area (Å²) in [6.45, 7) is 1.43. The highest BCUT2D eigenvalue weighted by Gasteiger charge is 2.25. The highest BCUT2D eigenvalue weighted by atomic mass is 16.7. The minimum atomic E-state index is -0.571. The van der Waals surface area contributed by atoms with Crippen molar-refractivity contribution in [3.63, 3.8) is 0 Å². The van der Waals surface area contributed by atoms with Crippen LogP contribution in [0.25, 0.3) is 0 Å². The van der Waals surface area contributed by atoms with Crippen molar-refractivity contribution in [2.75, 3.05) is 26.8 Å². The lowest BCUT2D eigenvalue weighted by molar-refractivity contribution is -0.205. The first-order valence-corrected chi connectivity index (χ1v) is 4.46. The van der Waals surface area contributed by atoms with Gasteiger partial charge in [-0.05, 0) is 12.8 Å². The zero-order valence-electron chi connectivity index (χ0n) is 7.86. The van der Waals surface area contributed by atoms with Crippen LogP contribution in [0.2, 0.25) is 0 Å². The van der Waals surface area contributed by atoms with Crippen LogP contribution in [-0.2, 0) is 14.4 Å². The molecular weight excluding hydrogens is 172 g/mol. The molecule has 1 heterocycles. The Balaban J connectivity index is 2.44. The molecule has 1 aliphatic rings. The fraction of sp³-hybridized carbons (Fsp3) is 0.875. The van der Waals surface area contributed by atoms with Crippen LogP contribution in [0, 0.1) is 0 Å². The van der Waals surface area contributed by atoms with E-state index < -0.39 is 6.10 Å². The Labute approximate surface area is 77.7 Å². The monoisotopic (exact) mass is 188 g/mol. The number of nitrogens with two attached hydrogens (primary N) is 1. The maximum absolute atomic E-state index is 11.6. The number of hydrogen-bond donors (Lipinski definition) is 1. The van der Waals surface area contributed by atoms with Crippen molar-refractivity contribution in [3.05, 3.63) is 0 Å². The maximum atomic E-state index is 11.6. The predicted molar refractivity (Wildman–Crippen MR) is 46.8 cm³/mol. The number of rotatable bonds is 3. The predicted octanol–water partition coefficient (Wildman–Crippen LogP) is -0.486. The van der Waals surface area contributed by atoms with Gasteiger partial charge < -0.3 is 10.5 Å². The minimum Gasteiger partial charge on any atom is -0.370 e. The number of methoxy groups -OCH3 is 1. The molecule has 0 aromatic rings. The van der Waals surface area contributed by atoms with E-state index in [0.717, 1.165) is 12.8 Å². The van der Waals surface area contributed by atoms with Crippen molar-refractivity contribution < 1.29 is 14.4 Å². The molecule has 76 valence electrons. The molecule has 0 spiro atoms. The van der Waals surface area contributed by atoms with Crippen molar-refractivity contribution in [2.24, 2.45) is 5.73 Å². The van der Waals surface area contributed by atoms with E-state index in [0.29, 0.717) is 13.2 Å². The molecule has 0 aliphatic carbocycles. The standard InChI is InChI=1S/C8H16N2O3/c1-12-7(6-9)8(11)10-4-2-3-5-13-10/h7H,2-6,9H2,1H3. The SMILES string of the molecule is COC(CN)C(=O)N1CCCCO1. The van der Waals surface area contributed by atoms with Crippen LogP contribution >= 0.6 is 0 Å². The number of hydrogen-bond acceptors (Lipinski definition) is 4. The Morgan fingerprint density at radius 3 is 2.92 bits per heavy atom. The summed E-state index contributed by atoms with van der Waals surface area (Å²) in [5, 5.41) is 1.35. The Bertz CT molecular complexity index is 165. The van der Waals surface area contributed by atoms with Gasteiger partial charge in [0.15, 0.2) is 0 Å². The summed E-state index contributed by atoms with van der Waals surface area (Å²) in [4.78, 5) is 16.7. The van der Waals surface area contributed by atoms with Crippen LogP contribution in [-0.4, -0.2) is 43.9 Å². The lowest BCUT2D eigenvalue weighted by atomic mass is 10.2. The van der Waals surface area contributed by atoms with Gasteiger partial charge in [0.2, 0.25) is 0 Å². The number of hydroxylamine groups is 2. The van der Waals surface area contributed by atoms with Gasteiger partial charge in [0, 0.05) is 20.2 Å². The summed E-state index contributed by atoms with van der Waals surface area (Å²) in [6, 6.07) is 0. The van der Waals surface area contributed by atoms with E-state index in [-0.39, 0.29) is 12.5 Å². The molecule has 1 aliphatic heterocycles. The molecule has 0 radical (unpaired) electrons. The molecule has 13 heavy (non-hydrogen) atoms. The highest BCUT2D eigenvalue weighted by molar-refractivity contribution is 5.80. The third-order valence-electron chi connectivity index (χ3n) is 2.02. The second kappa shape index (κ2) is 5.16. The molecule has 0 aromatic carbocycles. The summed E-state index contributed by atoms with van der Waals surface area (Å²) < 4.78 is 4.92. The topological polar surface area (TPSA) is 64.8 Å². The molecule has 1 rings (SSSR count). The summed E-state index contributed by atoms with van der Waals surface area (Å²) in [5.41, 5.74) is 5.36. The van der Waals surface area contributed by atoms with Crippen LogP contribution in [0.1, 0.15) is 12.8 Å². The fourth-order valence-corrected chi connectivity index (χ4v) is 1.23. The van der Waals surface area contributed by atoms with Gasteiger partial charge >= 0.3 is 0 Å². The molecule has 5 heteroatoms. The number of ether oxygens (including phenoxy) is 1. The van der Waals surface area contributed by atoms with Gasteiger partial charge in [0.1, 0.15) is 6.10 Å². The fourth-order valence-electron chi connectivity index (χ4n) is 1.23. The summed E-state index contributed by atoms with van der Waals surface area (Å²) in [7, 11) is 1.47. The zero-order valence-corrected chi connectivity index (χ0v) is 7.86. The minimum absolute atomic E-state index is 0.176. The average molecular weight is 188 g/mol. The van der Waals surface area contributed by atoms with Crippen LogP contribution in [0.4, 0.5) is 0 Å². The quantitative estimate of drug-likeness (QED) is 0.649. The Hall–Kier alpha value is -0.650. The molecule has 1 amide bonds. The van der Waals surface area contributed by atoms with E-state index in [1.165, 1.54) is 12.2 Å². The number of carbonyl (C=O) groups excluding carboxylic acids is 1. The van der Waals surface area contributed by atoms with Gasteiger partial charge in [-0.2, -0.15) is 0 Å². The van der Waals surface area contributed by atoms with Crippen LogP contribution in [0.3, 0.4) is 0 Å². The van der Waals surface area contributed by atoms with Crippen molar-refractivity contribution in [1.82, 2.24) is 5.06 Å². The van der Waals surface area contributed by atoms with E-state index in [1.807, 2.05) is 0 Å². The van der Waals surface area contributed by atoms with Crippen molar-refractivity contribution >= 4 is 5.91 Å². The first-order chi connectivity index (χ1) is 6.29. The second-order valence-corrected chi connectivity index (χ2v) is 2.94. The second-order valence-electron chi connectivity index (χ2n) is 2.94. The number of carbonyl (C=O) groups is 1. The van der Waals surface area contributed by atoms with Crippen molar-refractivity contribution in [1.29, 1.82) is 0 Å². The summed E-state index contributed by atoms with van der Waals surface area (Å²) in [6.07, 6.45) is 1.41. The molecular formula is C8H16N2O3. The van der Waals surface area contributed by atoms with E-state index in [4.69, 9.17) is 15.3 Å². The molecule has 5 nitrogen and oxygen atoms in total. The van der Waals surface area contributed by atoms with E-state index in [1.54, 1.807) is 0 Å². The van der Waals surface area contributed by atoms with Crippen LogP contribution in [0.15, 0.2) is 0 Å². The van der Waals surface area contributed by atoms with E-state index in [9.17, 15) is 4.79 Å². The smallest absolute Gasteiger partial charge is 0.276 e. The number of nitrogens with zero attached hydrogens (tertiary/aromatic N) is 1. The average Bonchev–Trinajstić information content (AvgIpc) is 2.21. The van der Waals surface area contributed by atoms with Gasteiger partial charge in [-0.1, -0.05) is 0 Å². The molecule has 1 unspecified atom stereocenters. The first kappa shape index (κ1) is 10.4. The van der Waals surface area contributed by atoms with E-state index >= 15 is 0 Å². The Kier molecular flexibility index (Phi) is 4.14. The Morgan fingerprint density at radius 1 is 1.69 bits per heavy atom. The lowest BCUT2D eigenvalue weighted by Gasteiger charge is -2.28. The zero-order chi connectivity index (χ0) is 9.68. The van der Waals surface area contributed by atoms with Gasteiger partial charge in [-0.15, -0.1) is 0 Å². The molecule has 1 fully saturated rings. The van der Waals surface area contributed by atoms with E-state index in [2.05, 4.69) is 0 Å². The molecule has 2 N–H and O–H groups in total.